The summed E-state index contributed by atoms with van der Waals surface area (Å²) in [7, 11) is 0. The molecule has 0 fully saturated rings. The molecule has 0 saturated heterocycles. The predicted octanol–water partition coefficient (Wildman–Crippen LogP) is 2.97. The van der Waals surface area contributed by atoms with Crippen molar-refractivity contribution >= 4 is 46.9 Å². The number of tetrazole rings is 1. The number of hydrogen-bond acceptors (Lipinski definition) is 8. The highest BCUT2D eigenvalue weighted by Gasteiger charge is 2.21. The van der Waals surface area contributed by atoms with E-state index in [1.54, 1.807) is 48.5 Å². The molecule has 4 N–H and O–H groups in total. The number of nitrogens with zero attached hydrogens (tertiary/aromatic N) is 5. The van der Waals surface area contributed by atoms with Crippen LogP contribution in [0.25, 0.3) is 11.8 Å². The third kappa shape index (κ3) is 8.07. The first-order chi connectivity index (χ1) is 19.8. The summed E-state index contributed by atoms with van der Waals surface area (Å²) in [6, 6.07) is 19.7. The zero-order valence-corrected chi connectivity index (χ0v) is 22.5. The van der Waals surface area contributed by atoms with Crippen LogP contribution in [-0.4, -0.2) is 55.0 Å². The fourth-order valence-electron chi connectivity index (χ4n) is 3.85. The lowest BCUT2D eigenvalue weighted by Crippen LogP contribution is -2.44. The van der Waals surface area contributed by atoms with E-state index in [1.807, 2.05) is 30.3 Å². The van der Waals surface area contributed by atoms with Crippen LogP contribution in [0, 0.1) is 0 Å². The zero-order chi connectivity index (χ0) is 29.2. The minimum absolute atomic E-state index is 0.0284. The zero-order valence-electron chi connectivity index (χ0n) is 21.7. The van der Waals surface area contributed by atoms with Gasteiger partial charge in [-0.2, -0.15) is 4.68 Å². The first-order valence-electron chi connectivity index (χ1n) is 12.3. The molecule has 13 heteroatoms. The summed E-state index contributed by atoms with van der Waals surface area (Å²) in [5, 5.41) is 31.9. The molecule has 0 unspecified atom stereocenters. The summed E-state index contributed by atoms with van der Waals surface area (Å²) >= 11 is 6.16. The van der Waals surface area contributed by atoms with Gasteiger partial charge < -0.3 is 21.2 Å². The van der Waals surface area contributed by atoms with Gasteiger partial charge in [-0.3, -0.25) is 14.4 Å². The summed E-state index contributed by atoms with van der Waals surface area (Å²) in [5.41, 5.74) is 2.92. The molecule has 1 heterocycles. The number of oxime groups is 1. The number of hydrogen-bond donors (Lipinski definition) is 4. The number of amides is 3. The number of benzene rings is 3. The third-order valence-electron chi connectivity index (χ3n) is 5.74. The minimum Gasteiger partial charge on any atom is -0.409 e. The predicted molar refractivity (Wildman–Crippen MR) is 152 cm³/mol. The Morgan fingerprint density at radius 2 is 1.83 bits per heavy atom. The minimum atomic E-state index is -0.915. The molecule has 4 rings (SSSR count). The number of amidine groups is 1. The van der Waals surface area contributed by atoms with E-state index in [9.17, 15) is 19.6 Å². The molecule has 0 aliphatic carbocycles. The molecule has 1 aromatic heterocycles. The molecule has 4 aromatic rings. The molecule has 41 heavy (non-hydrogen) atoms. The average Bonchev–Trinajstić information content (AvgIpc) is 3.50. The Hall–Kier alpha value is -5.36. The van der Waals surface area contributed by atoms with Crippen LogP contribution in [0.5, 0.6) is 0 Å². The smallest absolute Gasteiger partial charge is 0.247 e. The van der Waals surface area contributed by atoms with Gasteiger partial charge in [-0.05, 0) is 64.5 Å². The molecule has 0 radical (unpaired) electrons. The van der Waals surface area contributed by atoms with E-state index in [1.165, 1.54) is 24.0 Å². The summed E-state index contributed by atoms with van der Waals surface area (Å²) in [4.78, 5) is 37.6. The van der Waals surface area contributed by atoms with Gasteiger partial charge in [0.2, 0.25) is 17.7 Å². The molecule has 0 saturated carbocycles. The SMILES string of the molecule is CC(=O)NC(=NO)c1ccc(NC(=O)[C@H](Cc2ccccc2)NC(=O)/C=C/c2cc(Cl)ccc2-n2cnnn2)cc1. The van der Waals surface area contributed by atoms with Crippen LogP contribution in [0.1, 0.15) is 23.6 Å². The van der Waals surface area contributed by atoms with Crippen molar-refractivity contribution in [2.75, 3.05) is 5.32 Å². The number of aromatic nitrogens is 4. The number of carbonyl (C=O) groups is 3. The molecule has 1 atom stereocenters. The molecule has 3 amide bonds. The van der Waals surface area contributed by atoms with Crippen molar-refractivity contribution in [3.05, 3.63) is 107 Å². The number of carbonyl (C=O) groups excluding carboxylic acids is 3. The summed E-state index contributed by atoms with van der Waals surface area (Å²) in [6.45, 7) is 1.29. The Labute approximate surface area is 239 Å². The van der Waals surface area contributed by atoms with Gasteiger partial charge in [-0.25, -0.2) is 0 Å². The Morgan fingerprint density at radius 1 is 1.07 bits per heavy atom. The maximum atomic E-state index is 13.3. The molecule has 12 nitrogen and oxygen atoms in total. The Bertz CT molecular complexity index is 1570. The first-order valence-corrected chi connectivity index (χ1v) is 12.7. The van der Waals surface area contributed by atoms with Crippen molar-refractivity contribution in [1.82, 2.24) is 30.8 Å². The van der Waals surface area contributed by atoms with E-state index in [4.69, 9.17) is 11.6 Å². The van der Waals surface area contributed by atoms with Crippen LogP contribution in [0.3, 0.4) is 0 Å². The van der Waals surface area contributed by atoms with Crippen molar-refractivity contribution in [2.45, 2.75) is 19.4 Å². The van der Waals surface area contributed by atoms with Crippen LogP contribution in [0.4, 0.5) is 5.69 Å². The summed E-state index contributed by atoms with van der Waals surface area (Å²) in [5.74, 6) is -1.37. The Morgan fingerprint density at radius 3 is 2.49 bits per heavy atom. The van der Waals surface area contributed by atoms with Crippen LogP contribution >= 0.6 is 11.6 Å². The molecule has 0 bridgehead atoms. The van der Waals surface area contributed by atoms with Gasteiger partial charge in [0.05, 0.1) is 5.69 Å². The maximum absolute atomic E-state index is 13.3. The fourth-order valence-corrected chi connectivity index (χ4v) is 4.03. The standard InChI is InChI=1S/C28H25ClN8O4/c1-18(38)31-27(34-41)20-7-11-23(12-8-20)32-28(40)24(15-19-5-3-2-4-6-19)33-26(39)14-9-21-16-22(29)10-13-25(21)37-17-30-35-36-37/h2-14,16-17,24,41H,15H2,1H3,(H,32,40)(H,33,39)(H,31,34,38)/b14-9+/t24-/m0/s1. The molecule has 0 aliphatic heterocycles. The third-order valence-corrected chi connectivity index (χ3v) is 5.97. The molecule has 3 aromatic carbocycles. The number of nitrogens with one attached hydrogen (secondary N) is 3. The van der Waals surface area contributed by atoms with Crippen LogP contribution in [-0.2, 0) is 20.8 Å². The lowest BCUT2D eigenvalue weighted by molar-refractivity contribution is -0.123. The van der Waals surface area contributed by atoms with E-state index in [0.29, 0.717) is 27.5 Å². The number of rotatable bonds is 9. The normalized spacial score (nSPS) is 12.1. The van der Waals surface area contributed by atoms with Gasteiger partial charge in [0.15, 0.2) is 5.84 Å². The van der Waals surface area contributed by atoms with Gasteiger partial charge in [0, 0.05) is 41.3 Å². The second-order valence-electron chi connectivity index (χ2n) is 8.74. The van der Waals surface area contributed by atoms with Gasteiger partial charge in [0.1, 0.15) is 12.4 Å². The molecular formula is C28H25ClN8O4. The largest absolute Gasteiger partial charge is 0.409 e. The Balaban J connectivity index is 1.50. The molecule has 0 spiro atoms. The van der Waals surface area contributed by atoms with Crippen LogP contribution in [0.15, 0.2) is 90.4 Å². The van der Waals surface area contributed by atoms with Gasteiger partial charge in [0.25, 0.3) is 0 Å². The van der Waals surface area contributed by atoms with Gasteiger partial charge in [-0.1, -0.05) is 47.1 Å². The monoisotopic (exact) mass is 572 g/mol. The van der Waals surface area contributed by atoms with E-state index < -0.39 is 23.8 Å². The van der Waals surface area contributed by atoms with E-state index in [2.05, 4.69) is 36.6 Å². The van der Waals surface area contributed by atoms with E-state index >= 15 is 0 Å². The molecule has 0 aliphatic rings. The highest BCUT2D eigenvalue weighted by atomic mass is 35.5. The molecule has 208 valence electrons. The maximum Gasteiger partial charge on any atom is 0.247 e. The fraction of sp³-hybridized carbons (Fsp3) is 0.107. The lowest BCUT2D eigenvalue weighted by Gasteiger charge is -2.18. The second kappa shape index (κ2) is 13.6. The van der Waals surface area contributed by atoms with Crippen molar-refractivity contribution in [3.8, 4) is 5.69 Å². The van der Waals surface area contributed by atoms with Crippen LogP contribution in [0.2, 0.25) is 5.02 Å². The summed E-state index contributed by atoms with van der Waals surface area (Å²) < 4.78 is 1.44. The highest BCUT2D eigenvalue weighted by molar-refractivity contribution is 6.30. The van der Waals surface area contributed by atoms with Crippen LogP contribution < -0.4 is 16.0 Å². The van der Waals surface area contributed by atoms with Crippen molar-refractivity contribution in [2.24, 2.45) is 5.16 Å². The average molecular weight is 573 g/mol. The van der Waals surface area contributed by atoms with Gasteiger partial charge in [-0.15, -0.1) is 5.10 Å². The lowest BCUT2D eigenvalue weighted by atomic mass is 10.0. The van der Waals surface area contributed by atoms with E-state index in [0.717, 1.165) is 5.56 Å². The first kappa shape index (κ1) is 28.6. The number of halogens is 1. The van der Waals surface area contributed by atoms with Crippen molar-refractivity contribution in [3.63, 3.8) is 0 Å². The topological polar surface area (TPSA) is 163 Å². The van der Waals surface area contributed by atoms with Crippen molar-refractivity contribution < 1.29 is 19.6 Å². The number of anilines is 1. The summed E-state index contributed by atoms with van der Waals surface area (Å²) in [6.07, 6.45) is 4.52. The molecular weight excluding hydrogens is 548 g/mol. The quantitative estimate of drug-likeness (QED) is 0.0787. The second-order valence-corrected chi connectivity index (χ2v) is 9.17. The Kier molecular flexibility index (Phi) is 9.52. The van der Waals surface area contributed by atoms with Crippen molar-refractivity contribution in [1.29, 1.82) is 0 Å². The van der Waals surface area contributed by atoms with E-state index in [-0.39, 0.29) is 12.3 Å². The highest BCUT2D eigenvalue weighted by Crippen LogP contribution is 2.20. The van der Waals surface area contributed by atoms with Gasteiger partial charge >= 0.3 is 0 Å².